The Morgan fingerprint density at radius 3 is 2.29 bits per heavy atom. The van der Waals surface area contributed by atoms with Gasteiger partial charge in [-0.2, -0.15) is 0 Å². The quantitative estimate of drug-likeness (QED) is 0.449. The summed E-state index contributed by atoms with van der Waals surface area (Å²) in [5.41, 5.74) is 0.681. The Kier molecular flexibility index (Phi) is 11.8. The van der Waals surface area contributed by atoms with Gasteiger partial charge in [0.15, 0.2) is 0 Å². The highest BCUT2D eigenvalue weighted by Crippen LogP contribution is 2.42. The maximum Gasteiger partial charge on any atom is 0.407 e. The molecule has 2 saturated carbocycles. The van der Waals surface area contributed by atoms with Gasteiger partial charge in [-0.3, -0.25) is 9.59 Å². The Hall–Kier alpha value is -2.73. The largest absolute Gasteiger partial charge is 0.453 e. The first-order valence-corrected chi connectivity index (χ1v) is 14.0. The highest BCUT2D eigenvalue weighted by molar-refractivity contribution is 5.92. The van der Waals surface area contributed by atoms with Gasteiger partial charge in [-0.1, -0.05) is 70.1 Å². The van der Waals surface area contributed by atoms with E-state index in [-0.39, 0.29) is 36.7 Å². The van der Waals surface area contributed by atoms with Crippen LogP contribution in [0.2, 0.25) is 0 Å². The maximum atomic E-state index is 14.2. The molecule has 3 fully saturated rings. The molecule has 0 spiro atoms. The third kappa shape index (κ3) is 7.66. The molecule has 0 unspecified atom stereocenters. The number of halogens is 1. The fraction of sp³-hybridized carbons (Fsp3) is 0.714. The number of carbonyl (C=O) groups excluding carboxylic acids is 3. The minimum atomic E-state index is -0.674. The van der Waals surface area contributed by atoms with E-state index in [1.165, 1.54) is 45.6 Å². The standard InChI is InChI=1S/C28H41N5O4.ClH/c1-37-28(36)32-25(24(20-10-4-2-5-11-20)21-12-6-3-7-13-21)27(35)33-17-9-15-23(33)26(34)30-16-8-14-22-18-29-19-31-22;/h18-21,23-25H,2-7,9-13,15-17H2,1H3,(H,29,31)(H,30,34)(H,32,36);1H/t23-,25+;/m0./s1. The van der Waals surface area contributed by atoms with E-state index in [0.29, 0.717) is 30.5 Å². The average Bonchev–Trinajstić information content (AvgIpc) is 3.64. The van der Waals surface area contributed by atoms with Crippen LogP contribution in [0, 0.1) is 29.6 Å². The molecule has 3 amide bonds. The summed E-state index contributed by atoms with van der Waals surface area (Å²) in [4.78, 5) is 48.3. The Bertz CT molecular complexity index is 946. The van der Waals surface area contributed by atoms with E-state index in [0.717, 1.165) is 32.1 Å². The van der Waals surface area contributed by atoms with Crippen LogP contribution >= 0.6 is 12.4 Å². The third-order valence-corrected chi connectivity index (χ3v) is 8.41. The lowest BCUT2D eigenvalue weighted by atomic mass is 9.66. The summed E-state index contributed by atoms with van der Waals surface area (Å²) in [6.07, 6.45) is 15.4. The SMILES string of the molecule is COC(=O)N[C@@H](C(=O)N1CCC[C@H]1C(=O)NCC#Cc1cnc[nH]1)C(C1CCCCC1)C1CCCCC1.Cl. The van der Waals surface area contributed by atoms with E-state index in [1.807, 2.05) is 0 Å². The van der Waals surface area contributed by atoms with E-state index < -0.39 is 18.2 Å². The number of methoxy groups -OCH3 is 1. The van der Waals surface area contributed by atoms with Gasteiger partial charge >= 0.3 is 6.09 Å². The first-order valence-electron chi connectivity index (χ1n) is 14.0. The van der Waals surface area contributed by atoms with Crippen LogP contribution in [0.4, 0.5) is 4.79 Å². The summed E-state index contributed by atoms with van der Waals surface area (Å²) < 4.78 is 4.97. The molecule has 0 bridgehead atoms. The van der Waals surface area contributed by atoms with Crippen molar-refractivity contribution in [1.82, 2.24) is 25.5 Å². The fourth-order valence-corrected chi connectivity index (χ4v) is 6.67. The van der Waals surface area contributed by atoms with Gasteiger partial charge in [0.2, 0.25) is 11.8 Å². The highest BCUT2D eigenvalue weighted by atomic mass is 35.5. The number of imidazole rings is 1. The van der Waals surface area contributed by atoms with Gasteiger partial charge in [0.05, 0.1) is 26.2 Å². The van der Waals surface area contributed by atoms with Gasteiger partial charge in [-0.05, 0) is 36.5 Å². The molecular formula is C28H42ClN5O4. The van der Waals surface area contributed by atoms with E-state index in [9.17, 15) is 14.4 Å². The number of likely N-dealkylation sites (tertiary alicyclic amines) is 1. The smallest absolute Gasteiger partial charge is 0.407 e. The second-order valence-corrected chi connectivity index (χ2v) is 10.7. The minimum absolute atomic E-state index is 0. The monoisotopic (exact) mass is 547 g/mol. The molecular weight excluding hydrogens is 506 g/mol. The lowest BCUT2D eigenvalue weighted by Gasteiger charge is -2.43. The number of hydrogen-bond donors (Lipinski definition) is 3. The van der Waals surface area contributed by atoms with Crippen molar-refractivity contribution in [3.05, 3.63) is 18.2 Å². The predicted molar refractivity (Wildman–Crippen MR) is 146 cm³/mol. The molecule has 9 nitrogen and oxygen atoms in total. The van der Waals surface area contributed by atoms with Crippen molar-refractivity contribution in [1.29, 1.82) is 0 Å². The van der Waals surface area contributed by atoms with E-state index in [1.54, 1.807) is 17.4 Å². The lowest BCUT2D eigenvalue weighted by molar-refractivity contribution is -0.142. The second-order valence-electron chi connectivity index (χ2n) is 10.7. The molecule has 1 aromatic heterocycles. The number of nitrogens with one attached hydrogen (secondary N) is 3. The number of aromatic nitrogens is 2. The van der Waals surface area contributed by atoms with Gasteiger partial charge in [-0.15, -0.1) is 12.4 Å². The molecule has 38 heavy (non-hydrogen) atoms. The van der Waals surface area contributed by atoms with Crippen molar-refractivity contribution in [2.45, 2.75) is 89.1 Å². The van der Waals surface area contributed by atoms with Crippen LogP contribution in [0.5, 0.6) is 0 Å². The van der Waals surface area contributed by atoms with Crippen LogP contribution in [0.25, 0.3) is 0 Å². The van der Waals surface area contributed by atoms with Gasteiger partial charge < -0.3 is 25.3 Å². The van der Waals surface area contributed by atoms with Crippen molar-refractivity contribution in [3.63, 3.8) is 0 Å². The molecule has 4 rings (SSSR count). The molecule has 0 radical (unpaired) electrons. The first kappa shape index (κ1) is 29.8. The number of hydrogen-bond acceptors (Lipinski definition) is 5. The summed E-state index contributed by atoms with van der Waals surface area (Å²) in [5, 5.41) is 5.82. The van der Waals surface area contributed by atoms with Gasteiger partial charge in [-0.25, -0.2) is 9.78 Å². The summed E-state index contributed by atoms with van der Waals surface area (Å²) in [7, 11) is 1.34. The van der Waals surface area contributed by atoms with Crippen LogP contribution in [0.1, 0.15) is 82.7 Å². The molecule has 2 aliphatic carbocycles. The van der Waals surface area contributed by atoms with Crippen molar-refractivity contribution in [3.8, 4) is 11.8 Å². The van der Waals surface area contributed by atoms with Crippen LogP contribution in [0.15, 0.2) is 12.5 Å². The Labute approximate surface area is 232 Å². The van der Waals surface area contributed by atoms with Crippen molar-refractivity contribution in [2.75, 3.05) is 20.2 Å². The van der Waals surface area contributed by atoms with Crippen molar-refractivity contribution >= 4 is 30.3 Å². The van der Waals surface area contributed by atoms with Crippen LogP contribution in [-0.2, 0) is 14.3 Å². The zero-order chi connectivity index (χ0) is 26.0. The number of aromatic amines is 1. The summed E-state index contributed by atoms with van der Waals surface area (Å²) in [6.45, 7) is 0.700. The molecule has 1 saturated heterocycles. The molecule has 1 aliphatic heterocycles. The minimum Gasteiger partial charge on any atom is -0.453 e. The molecule has 10 heteroatoms. The zero-order valence-electron chi connectivity index (χ0n) is 22.4. The van der Waals surface area contributed by atoms with E-state index in [2.05, 4.69) is 32.4 Å². The highest BCUT2D eigenvalue weighted by Gasteiger charge is 2.45. The zero-order valence-corrected chi connectivity index (χ0v) is 23.2. The number of rotatable bonds is 7. The number of nitrogens with zero attached hydrogens (tertiary/aromatic N) is 2. The number of alkyl carbamates (subject to hydrolysis) is 1. The second kappa shape index (κ2) is 15.0. The van der Waals surface area contributed by atoms with Gasteiger partial charge in [0, 0.05) is 6.54 Å². The predicted octanol–water partition coefficient (Wildman–Crippen LogP) is 3.79. The summed E-state index contributed by atoms with van der Waals surface area (Å²) in [6, 6.07) is -1.23. The molecule has 210 valence electrons. The molecule has 3 N–H and O–H groups in total. The number of amides is 3. The Morgan fingerprint density at radius 1 is 1.05 bits per heavy atom. The lowest BCUT2D eigenvalue weighted by Crippen LogP contribution is -2.58. The maximum absolute atomic E-state index is 14.2. The first-order chi connectivity index (χ1) is 18.1. The average molecular weight is 548 g/mol. The molecule has 2 heterocycles. The number of H-pyrrole nitrogens is 1. The molecule has 2 atom stereocenters. The van der Waals surface area contributed by atoms with Gasteiger partial charge in [0.25, 0.3) is 0 Å². The number of carbonyl (C=O) groups is 3. The summed E-state index contributed by atoms with van der Waals surface area (Å²) >= 11 is 0. The van der Waals surface area contributed by atoms with Gasteiger partial charge in [0.1, 0.15) is 17.8 Å². The third-order valence-electron chi connectivity index (χ3n) is 8.41. The summed E-state index contributed by atoms with van der Waals surface area (Å²) in [5.74, 6) is 6.35. The van der Waals surface area contributed by atoms with Crippen molar-refractivity contribution in [2.24, 2.45) is 17.8 Å². The Balaban J connectivity index is 0.00000400. The topological polar surface area (TPSA) is 116 Å². The molecule has 3 aliphatic rings. The van der Waals surface area contributed by atoms with Crippen molar-refractivity contribution < 1.29 is 19.1 Å². The number of ether oxygens (including phenoxy) is 1. The fourth-order valence-electron chi connectivity index (χ4n) is 6.67. The Morgan fingerprint density at radius 2 is 1.71 bits per heavy atom. The van der Waals surface area contributed by atoms with E-state index in [4.69, 9.17) is 4.74 Å². The molecule has 0 aromatic carbocycles. The van der Waals surface area contributed by atoms with E-state index >= 15 is 0 Å². The molecule has 1 aromatic rings. The van der Waals surface area contributed by atoms with Crippen LogP contribution in [-0.4, -0.2) is 65.1 Å². The normalized spacial score (nSPS) is 21.1. The van der Waals surface area contributed by atoms with Crippen LogP contribution < -0.4 is 10.6 Å². The van der Waals surface area contributed by atoms with Crippen LogP contribution in [0.3, 0.4) is 0 Å².